The Hall–Kier alpha value is -0.540. The van der Waals surface area contributed by atoms with E-state index in [9.17, 15) is 0 Å². The molecule has 0 saturated heterocycles. The lowest BCUT2D eigenvalue weighted by molar-refractivity contribution is 0.359. The van der Waals surface area contributed by atoms with Gasteiger partial charge in [0.2, 0.25) is 0 Å². The minimum atomic E-state index is 0.915. The van der Waals surface area contributed by atoms with Gasteiger partial charge in [-0.05, 0) is 19.2 Å². The van der Waals surface area contributed by atoms with Gasteiger partial charge < -0.3 is 4.90 Å². The summed E-state index contributed by atoms with van der Waals surface area (Å²) in [5, 5.41) is 0. The van der Waals surface area contributed by atoms with Crippen molar-refractivity contribution in [3.05, 3.63) is 30.1 Å². The summed E-state index contributed by atoms with van der Waals surface area (Å²) in [5.41, 5.74) is 1.16. The lowest BCUT2D eigenvalue weighted by atomic mass is 10.2. The predicted molar refractivity (Wildman–Crippen MR) is 59.3 cm³/mol. The number of likely N-dealkylation sites (N-methyl/N-ethyl adjacent to an activating group) is 1. The Morgan fingerprint density at radius 1 is 1.38 bits per heavy atom. The van der Waals surface area contributed by atoms with E-state index in [1.807, 2.05) is 18.3 Å². The molecule has 1 rings (SSSR count). The summed E-state index contributed by atoms with van der Waals surface area (Å²) < 4.78 is 0. The first-order chi connectivity index (χ1) is 6.33. The summed E-state index contributed by atoms with van der Waals surface area (Å²) in [4.78, 5) is 6.53. The summed E-state index contributed by atoms with van der Waals surface area (Å²) in [6.45, 7) is 2.09. The molecule has 1 aromatic rings. The van der Waals surface area contributed by atoms with E-state index in [1.165, 1.54) is 0 Å². The largest absolute Gasteiger partial charge is 0.305 e. The number of hydrogen-bond donors (Lipinski definition) is 1. The molecule has 0 radical (unpaired) electrons. The van der Waals surface area contributed by atoms with Gasteiger partial charge in [0.05, 0.1) is 0 Å². The average Bonchev–Trinajstić information content (AvgIpc) is 2.17. The van der Waals surface area contributed by atoms with E-state index in [4.69, 9.17) is 0 Å². The molecule has 13 heavy (non-hydrogen) atoms. The van der Waals surface area contributed by atoms with Crippen LogP contribution in [0.4, 0.5) is 0 Å². The lowest BCUT2D eigenvalue weighted by Gasteiger charge is -2.14. The number of thiol groups is 1. The number of pyridine rings is 1. The van der Waals surface area contributed by atoms with Crippen molar-refractivity contribution in [2.24, 2.45) is 0 Å². The van der Waals surface area contributed by atoms with Crippen LogP contribution in [0.15, 0.2) is 24.4 Å². The molecule has 0 amide bonds. The van der Waals surface area contributed by atoms with Crippen LogP contribution in [-0.4, -0.2) is 35.8 Å². The van der Waals surface area contributed by atoms with Gasteiger partial charge in [0.1, 0.15) is 0 Å². The van der Waals surface area contributed by atoms with E-state index >= 15 is 0 Å². The summed E-state index contributed by atoms with van der Waals surface area (Å²) >= 11 is 4.18. The number of aromatic nitrogens is 1. The molecule has 0 unspecified atom stereocenters. The SMILES string of the molecule is CN(CCS)CCc1ccccn1. The van der Waals surface area contributed by atoms with Gasteiger partial charge in [0.15, 0.2) is 0 Å². The first-order valence-corrected chi connectivity index (χ1v) is 5.15. The normalized spacial score (nSPS) is 10.7. The maximum absolute atomic E-state index is 4.27. The molecule has 0 bridgehead atoms. The minimum Gasteiger partial charge on any atom is -0.305 e. The molecule has 0 aliphatic carbocycles. The van der Waals surface area contributed by atoms with Gasteiger partial charge in [-0.2, -0.15) is 12.6 Å². The monoisotopic (exact) mass is 196 g/mol. The van der Waals surface area contributed by atoms with Crippen LogP contribution < -0.4 is 0 Å². The van der Waals surface area contributed by atoms with E-state index < -0.39 is 0 Å². The van der Waals surface area contributed by atoms with Crippen molar-refractivity contribution in [2.75, 3.05) is 25.9 Å². The van der Waals surface area contributed by atoms with Crippen molar-refractivity contribution < 1.29 is 0 Å². The molecule has 72 valence electrons. The van der Waals surface area contributed by atoms with Crippen molar-refractivity contribution in [3.8, 4) is 0 Å². The molecule has 0 aliphatic heterocycles. The third kappa shape index (κ3) is 4.29. The molecule has 0 aliphatic rings. The summed E-state index contributed by atoms with van der Waals surface area (Å²) in [7, 11) is 2.11. The Balaban J connectivity index is 2.27. The maximum Gasteiger partial charge on any atom is 0.0416 e. The van der Waals surface area contributed by atoms with Crippen molar-refractivity contribution in [3.63, 3.8) is 0 Å². The van der Waals surface area contributed by atoms with Gasteiger partial charge in [-0.25, -0.2) is 0 Å². The highest BCUT2D eigenvalue weighted by Gasteiger charge is 1.97. The van der Waals surface area contributed by atoms with Crippen LogP contribution >= 0.6 is 12.6 Å². The zero-order valence-corrected chi connectivity index (χ0v) is 8.87. The second-order valence-electron chi connectivity index (χ2n) is 3.10. The zero-order valence-electron chi connectivity index (χ0n) is 7.98. The quantitative estimate of drug-likeness (QED) is 0.718. The van der Waals surface area contributed by atoms with Gasteiger partial charge in [0.25, 0.3) is 0 Å². The summed E-state index contributed by atoms with van der Waals surface area (Å²) in [6, 6.07) is 6.04. The van der Waals surface area contributed by atoms with Crippen LogP contribution in [0.1, 0.15) is 5.69 Å². The van der Waals surface area contributed by atoms with E-state index in [-0.39, 0.29) is 0 Å². The van der Waals surface area contributed by atoms with Gasteiger partial charge in [-0.1, -0.05) is 6.07 Å². The molecule has 0 saturated carbocycles. The molecule has 0 N–H and O–H groups in total. The minimum absolute atomic E-state index is 0.915. The fourth-order valence-corrected chi connectivity index (χ4v) is 1.48. The van der Waals surface area contributed by atoms with Crippen LogP contribution in [0.2, 0.25) is 0 Å². The molecule has 1 aromatic heterocycles. The maximum atomic E-state index is 4.27. The third-order valence-corrected chi connectivity index (χ3v) is 2.16. The molecule has 0 spiro atoms. The van der Waals surface area contributed by atoms with Crippen LogP contribution in [0.5, 0.6) is 0 Å². The molecule has 0 atom stereocenters. The van der Waals surface area contributed by atoms with Crippen molar-refractivity contribution in [2.45, 2.75) is 6.42 Å². The van der Waals surface area contributed by atoms with Gasteiger partial charge in [-0.15, -0.1) is 0 Å². The highest BCUT2D eigenvalue weighted by molar-refractivity contribution is 7.80. The Kier molecular flexibility index (Phi) is 4.86. The van der Waals surface area contributed by atoms with E-state index in [1.54, 1.807) is 0 Å². The number of rotatable bonds is 5. The topological polar surface area (TPSA) is 16.1 Å². The van der Waals surface area contributed by atoms with Crippen LogP contribution in [0.25, 0.3) is 0 Å². The first kappa shape index (κ1) is 10.5. The fourth-order valence-electron chi connectivity index (χ4n) is 1.13. The van der Waals surface area contributed by atoms with Crippen LogP contribution in [0, 0.1) is 0 Å². The standard InChI is InChI=1S/C10H16N2S/c1-12(8-9-13)7-5-10-4-2-3-6-11-10/h2-4,6,13H,5,7-9H2,1H3. The molecule has 2 nitrogen and oxygen atoms in total. The second kappa shape index (κ2) is 6.00. The summed E-state index contributed by atoms with van der Waals surface area (Å²) in [6.07, 6.45) is 2.86. The molecule has 1 heterocycles. The molecule has 0 aromatic carbocycles. The van der Waals surface area contributed by atoms with Gasteiger partial charge in [-0.3, -0.25) is 4.98 Å². The fraction of sp³-hybridized carbons (Fsp3) is 0.500. The zero-order chi connectivity index (χ0) is 9.52. The van der Waals surface area contributed by atoms with Crippen LogP contribution in [0.3, 0.4) is 0 Å². The first-order valence-electron chi connectivity index (χ1n) is 4.52. The Morgan fingerprint density at radius 3 is 2.85 bits per heavy atom. The van der Waals surface area contributed by atoms with E-state index in [2.05, 4.69) is 35.6 Å². The number of hydrogen-bond acceptors (Lipinski definition) is 3. The van der Waals surface area contributed by atoms with E-state index in [0.717, 1.165) is 31.0 Å². The van der Waals surface area contributed by atoms with Crippen molar-refractivity contribution in [1.29, 1.82) is 0 Å². The van der Waals surface area contributed by atoms with Crippen molar-refractivity contribution >= 4 is 12.6 Å². The van der Waals surface area contributed by atoms with Crippen molar-refractivity contribution in [1.82, 2.24) is 9.88 Å². The Bertz CT molecular complexity index is 226. The molecule has 3 heteroatoms. The van der Waals surface area contributed by atoms with Crippen LogP contribution in [-0.2, 0) is 6.42 Å². The highest BCUT2D eigenvalue weighted by Crippen LogP contribution is 1.96. The molecular weight excluding hydrogens is 180 g/mol. The van der Waals surface area contributed by atoms with E-state index in [0.29, 0.717) is 0 Å². The predicted octanol–water partition coefficient (Wildman–Crippen LogP) is 1.49. The van der Waals surface area contributed by atoms with Gasteiger partial charge >= 0.3 is 0 Å². The smallest absolute Gasteiger partial charge is 0.0416 e. The third-order valence-electron chi connectivity index (χ3n) is 1.96. The number of nitrogens with zero attached hydrogens (tertiary/aromatic N) is 2. The second-order valence-corrected chi connectivity index (χ2v) is 3.55. The lowest BCUT2D eigenvalue weighted by Crippen LogP contribution is -2.23. The highest BCUT2D eigenvalue weighted by atomic mass is 32.1. The average molecular weight is 196 g/mol. The molecule has 0 fully saturated rings. The summed E-state index contributed by atoms with van der Waals surface area (Å²) in [5.74, 6) is 0.915. The Labute approximate surface area is 85.4 Å². The molecular formula is C10H16N2S. The van der Waals surface area contributed by atoms with Gasteiger partial charge in [0, 0.05) is 37.2 Å². The Morgan fingerprint density at radius 2 is 2.23 bits per heavy atom.